The van der Waals surface area contributed by atoms with Gasteiger partial charge in [-0.2, -0.15) is 0 Å². The van der Waals surface area contributed by atoms with Crippen molar-refractivity contribution < 1.29 is 14.4 Å². The Kier molecular flexibility index (Phi) is 3.98. The summed E-state index contributed by atoms with van der Waals surface area (Å²) in [5.41, 5.74) is 3.64. The fourth-order valence-corrected chi connectivity index (χ4v) is 4.28. The first-order chi connectivity index (χ1) is 12.0. The molecule has 1 aromatic rings. The van der Waals surface area contributed by atoms with E-state index in [2.05, 4.69) is 10.6 Å². The summed E-state index contributed by atoms with van der Waals surface area (Å²) in [6, 6.07) is 3.86. The Hall–Kier alpha value is -2.37. The fourth-order valence-electron chi connectivity index (χ4n) is 4.28. The molecule has 1 atom stereocenters. The van der Waals surface area contributed by atoms with Gasteiger partial charge >= 0.3 is 11.8 Å². The van der Waals surface area contributed by atoms with Gasteiger partial charge in [0.1, 0.15) is 0 Å². The van der Waals surface area contributed by atoms with Gasteiger partial charge in [0.25, 0.3) is 0 Å². The molecule has 1 fully saturated rings. The van der Waals surface area contributed by atoms with Crippen molar-refractivity contribution in [1.29, 1.82) is 0 Å². The molecular formula is C19H23N3O3. The number of nitrogens with zero attached hydrogens (tertiary/aromatic N) is 1. The number of hydrogen-bond acceptors (Lipinski definition) is 3. The average molecular weight is 341 g/mol. The van der Waals surface area contributed by atoms with E-state index >= 15 is 0 Å². The predicted molar refractivity (Wildman–Crippen MR) is 94.6 cm³/mol. The highest BCUT2D eigenvalue weighted by Gasteiger charge is 2.38. The lowest BCUT2D eigenvalue weighted by Gasteiger charge is -2.26. The van der Waals surface area contributed by atoms with Crippen molar-refractivity contribution in [2.75, 3.05) is 16.8 Å². The number of hydrogen-bond donors (Lipinski definition) is 2. The molecule has 132 valence electrons. The Labute approximate surface area is 147 Å². The normalized spacial score (nSPS) is 22.0. The molecular weight excluding hydrogens is 318 g/mol. The molecule has 2 N–H and O–H groups in total. The fraction of sp³-hybridized carbons (Fsp3) is 0.526. The van der Waals surface area contributed by atoms with E-state index in [1.54, 1.807) is 0 Å². The highest BCUT2D eigenvalue weighted by Crippen LogP contribution is 2.44. The molecule has 1 unspecified atom stereocenters. The summed E-state index contributed by atoms with van der Waals surface area (Å²) in [6.45, 7) is 2.66. The Bertz CT molecular complexity index is 753. The van der Waals surface area contributed by atoms with Crippen molar-refractivity contribution >= 4 is 29.1 Å². The maximum absolute atomic E-state index is 12.4. The first-order valence-corrected chi connectivity index (χ1v) is 9.14. The maximum atomic E-state index is 12.4. The third kappa shape index (κ3) is 2.79. The summed E-state index contributed by atoms with van der Waals surface area (Å²) in [5.74, 6) is -1.29. The number of rotatable bonds is 2. The van der Waals surface area contributed by atoms with Gasteiger partial charge in [0, 0.05) is 18.3 Å². The van der Waals surface area contributed by atoms with E-state index in [-0.39, 0.29) is 17.9 Å². The number of nitrogens with one attached hydrogen (secondary N) is 2. The SMILES string of the molecule is CC1C(=O)N2CCCc3cc(NC(=O)C(=O)NC4CCCC4)cc1c32. The molecule has 2 heterocycles. The van der Waals surface area contributed by atoms with Crippen molar-refractivity contribution in [3.05, 3.63) is 23.3 Å². The lowest BCUT2D eigenvalue weighted by atomic mass is 9.96. The minimum Gasteiger partial charge on any atom is -0.345 e. The van der Waals surface area contributed by atoms with Crippen LogP contribution in [0.15, 0.2) is 12.1 Å². The zero-order chi connectivity index (χ0) is 17.6. The molecule has 0 radical (unpaired) electrons. The van der Waals surface area contributed by atoms with Crippen molar-refractivity contribution in [3.8, 4) is 0 Å². The molecule has 0 bridgehead atoms. The van der Waals surface area contributed by atoms with Crippen molar-refractivity contribution in [3.63, 3.8) is 0 Å². The summed E-state index contributed by atoms with van der Waals surface area (Å²) in [5, 5.41) is 5.51. The van der Waals surface area contributed by atoms with Gasteiger partial charge in [-0.1, -0.05) is 12.8 Å². The highest BCUT2D eigenvalue weighted by molar-refractivity contribution is 6.39. The number of amides is 3. The van der Waals surface area contributed by atoms with E-state index in [0.717, 1.165) is 61.9 Å². The Morgan fingerprint density at radius 2 is 1.88 bits per heavy atom. The Balaban J connectivity index is 1.53. The molecule has 3 amide bonds. The maximum Gasteiger partial charge on any atom is 0.313 e. The minimum atomic E-state index is -0.635. The van der Waals surface area contributed by atoms with Gasteiger partial charge < -0.3 is 15.5 Å². The van der Waals surface area contributed by atoms with Crippen LogP contribution in [0, 0.1) is 0 Å². The van der Waals surface area contributed by atoms with Crippen LogP contribution in [0.5, 0.6) is 0 Å². The van der Waals surface area contributed by atoms with Gasteiger partial charge in [0.05, 0.1) is 11.6 Å². The van der Waals surface area contributed by atoms with Crippen LogP contribution in [0.25, 0.3) is 0 Å². The molecule has 4 rings (SSSR count). The van der Waals surface area contributed by atoms with E-state index in [0.29, 0.717) is 5.69 Å². The first-order valence-electron chi connectivity index (χ1n) is 9.14. The molecule has 25 heavy (non-hydrogen) atoms. The van der Waals surface area contributed by atoms with E-state index in [4.69, 9.17) is 0 Å². The number of benzene rings is 1. The summed E-state index contributed by atoms with van der Waals surface area (Å²) in [4.78, 5) is 38.6. The van der Waals surface area contributed by atoms with Gasteiger partial charge in [-0.25, -0.2) is 0 Å². The number of anilines is 2. The van der Waals surface area contributed by atoms with E-state index in [1.165, 1.54) is 0 Å². The lowest BCUT2D eigenvalue weighted by molar-refractivity contribution is -0.136. The predicted octanol–water partition coefficient (Wildman–Crippen LogP) is 2.08. The number of carbonyl (C=O) groups is 3. The summed E-state index contributed by atoms with van der Waals surface area (Å²) in [7, 11) is 0. The quantitative estimate of drug-likeness (QED) is 0.809. The molecule has 6 nitrogen and oxygen atoms in total. The topological polar surface area (TPSA) is 78.5 Å². The van der Waals surface area contributed by atoms with Crippen LogP contribution in [-0.2, 0) is 20.8 Å². The minimum absolute atomic E-state index is 0.116. The van der Waals surface area contributed by atoms with Gasteiger partial charge in [0.15, 0.2) is 0 Å². The third-order valence-electron chi connectivity index (χ3n) is 5.57. The van der Waals surface area contributed by atoms with Crippen molar-refractivity contribution in [1.82, 2.24) is 5.32 Å². The van der Waals surface area contributed by atoms with Crippen LogP contribution in [0.3, 0.4) is 0 Å². The van der Waals surface area contributed by atoms with Crippen LogP contribution in [-0.4, -0.2) is 30.3 Å². The number of carbonyl (C=O) groups excluding carboxylic acids is 3. The molecule has 0 aromatic heterocycles. The van der Waals surface area contributed by atoms with Crippen LogP contribution >= 0.6 is 0 Å². The van der Waals surface area contributed by atoms with Crippen LogP contribution in [0.4, 0.5) is 11.4 Å². The van der Waals surface area contributed by atoms with E-state index in [9.17, 15) is 14.4 Å². The smallest absolute Gasteiger partial charge is 0.313 e. The average Bonchev–Trinajstić information content (AvgIpc) is 3.19. The first kappa shape index (κ1) is 16.1. The molecule has 0 saturated heterocycles. The van der Waals surface area contributed by atoms with Crippen molar-refractivity contribution in [2.24, 2.45) is 0 Å². The molecule has 3 aliphatic rings. The van der Waals surface area contributed by atoms with Crippen LogP contribution in [0.2, 0.25) is 0 Å². The molecule has 1 saturated carbocycles. The second kappa shape index (κ2) is 6.17. The van der Waals surface area contributed by atoms with Crippen LogP contribution in [0.1, 0.15) is 56.1 Å². The van der Waals surface area contributed by atoms with Gasteiger partial charge in [-0.3, -0.25) is 14.4 Å². The van der Waals surface area contributed by atoms with Gasteiger partial charge in [0.2, 0.25) is 5.91 Å². The summed E-state index contributed by atoms with van der Waals surface area (Å²) in [6.07, 6.45) is 5.89. The monoisotopic (exact) mass is 341 g/mol. The highest BCUT2D eigenvalue weighted by atomic mass is 16.2. The van der Waals surface area contributed by atoms with E-state index < -0.39 is 11.8 Å². The number of aryl methyl sites for hydroxylation is 1. The third-order valence-corrected chi connectivity index (χ3v) is 5.57. The van der Waals surface area contributed by atoms with Crippen LogP contribution < -0.4 is 15.5 Å². The molecule has 1 aliphatic carbocycles. The Morgan fingerprint density at radius 1 is 1.12 bits per heavy atom. The Morgan fingerprint density at radius 3 is 2.64 bits per heavy atom. The zero-order valence-corrected chi connectivity index (χ0v) is 14.4. The molecule has 0 spiro atoms. The van der Waals surface area contributed by atoms with Gasteiger partial charge in [-0.05, 0) is 55.9 Å². The van der Waals surface area contributed by atoms with Gasteiger partial charge in [-0.15, -0.1) is 0 Å². The summed E-state index contributed by atoms with van der Waals surface area (Å²) >= 11 is 0. The molecule has 1 aromatic carbocycles. The standard InChI is InChI=1S/C19H23N3O3/c1-11-15-10-14(9-12-5-4-8-22(16(12)15)19(11)25)21-18(24)17(23)20-13-6-2-3-7-13/h9-11,13H,2-8H2,1H3,(H,20,23)(H,21,24). The largest absolute Gasteiger partial charge is 0.345 e. The molecule has 2 aliphatic heterocycles. The zero-order valence-electron chi connectivity index (χ0n) is 14.4. The van der Waals surface area contributed by atoms with Crippen molar-refractivity contribution in [2.45, 2.75) is 57.4 Å². The molecule has 6 heteroatoms. The van der Waals surface area contributed by atoms with E-state index in [1.807, 2.05) is 24.0 Å². The second-order valence-electron chi connectivity index (χ2n) is 7.30. The second-order valence-corrected chi connectivity index (χ2v) is 7.30. The summed E-state index contributed by atoms with van der Waals surface area (Å²) < 4.78 is 0. The lowest BCUT2D eigenvalue weighted by Crippen LogP contribution is -2.40.